The lowest BCUT2D eigenvalue weighted by Gasteiger charge is -2.43. The summed E-state index contributed by atoms with van der Waals surface area (Å²) in [5, 5.41) is 0. The van der Waals surface area contributed by atoms with Crippen LogP contribution in [0.1, 0.15) is 74.5 Å². The van der Waals surface area contributed by atoms with Crippen molar-refractivity contribution in [2.45, 2.75) is 65.2 Å². The van der Waals surface area contributed by atoms with E-state index in [9.17, 15) is 4.79 Å². The molecule has 2 N–H and O–H groups in total. The van der Waals surface area contributed by atoms with E-state index in [0.717, 1.165) is 18.4 Å². The normalized spacial score (nSPS) is 19.0. The Balaban J connectivity index is 2.73. The van der Waals surface area contributed by atoms with Gasteiger partial charge in [0.15, 0.2) is 0 Å². The molecule has 0 radical (unpaired) electrons. The molecule has 1 aliphatic rings. The highest BCUT2D eigenvalue weighted by molar-refractivity contribution is 5.96. The first-order valence-corrected chi connectivity index (χ1v) is 7.73. The zero-order valence-corrected chi connectivity index (χ0v) is 14.1. The van der Waals surface area contributed by atoms with Gasteiger partial charge in [-0.2, -0.15) is 0 Å². The lowest BCUT2D eigenvalue weighted by molar-refractivity contribution is 0.0527. The Hall–Kier alpha value is -1.51. The SMILES string of the molecule is CCOC(=O)c1cc2c(c(C)c1N)C(C)(C)CCC2(C)C. The van der Waals surface area contributed by atoms with E-state index in [4.69, 9.17) is 10.5 Å². The van der Waals surface area contributed by atoms with Crippen molar-refractivity contribution >= 4 is 11.7 Å². The lowest BCUT2D eigenvalue weighted by atomic mass is 9.61. The summed E-state index contributed by atoms with van der Waals surface area (Å²) in [6.45, 7) is 13.2. The minimum absolute atomic E-state index is 0.0601. The average molecular weight is 289 g/mol. The van der Waals surface area contributed by atoms with Gasteiger partial charge in [-0.15, -0.1) is 0 Å². The monoisotopic (exact) mass is 289 g/mol. The van der Waals surface area contributed by atoms with Gasteiger partial charge in [0.2, 0.25) is 0 Å². The maximum Gasteiger partial charge on any atom is 0.340 e. The molecule has 0 saturated heterocycles. The number of benzene rings is 1. The molecule has 0 aromatic heterocycles. The third kappa shape index (κ3) is 2.54. The fraction of sp³-hybridized carbons (Fsp3) is 0.611. The van der Waals surface area contributed by atoms with Gasteiger partial charge in [0.1, 0.15) is 0 Å². The van der Waals surface area contributed by atoms with Crippen LogP contribution in [0, 0.1) is 6.92 Å². The molecule has 1 aromatic rings. The number of esters is 1. The van der Waals surface area contributed by atoms with Crippen LogP contribution in [0.3, 0.4) is 0 Å². The molecule has 0 amide bonds. The Kier molecular flexibility index (Phi) is 3.81. The van der Waals surface area contributed by atoms with Crippen LogP contribution in [-0.4, -0.2) is 12.6 Å². The minimum Gasteiger partial charge on any atom is -0.462 e. The molecule has 1 aliphatic carbocycles. The van der Waals surface area contributed by atoms with Crippen molar-refractivity contribution in [3.63, 3.8) is 0 Å². The van der Waals surface area contributed by atoms with Gasteiger partial charge in [0.25, 0.3) is 0 Å². The van der Waals surface area contributed by atoms with Crippen LogP contribution < -0.4 is 5.73 Å². The Bertz CT molecular complexity index is 585. The van der Waals surface area contributed by atoms with Crippen LogP contribution >= 0.6 is 0 Å². The molecule has 0 spiro atoms. The van der Waals surface area contributed by atoms with Gasteiger partial charge in [-0.05, 0) is 60.3 Å². The smallest absolute Gasteiger partial charge is 0.340 e. The number of anilines is 1. The van der Waals surface area contributed by atoms with Crippen molar-refractivity contribution in [2.75, 3.05) is 12.3 Å². The number of rotatable bonds is 2. The van der Waals surface area contributed by atoms with Crippen LogP contribution in [0.2, 0.25) is 0 Å². The highest BCUT2D eigenvalue weighted by Gasteiger charge is 2.39. The molecule has 3 heteroatoms. The summed E-state index contributed by atoms with van der Waals surface area (Å²) in [6, 6.07) is 1.97. The fourth-order valence-corrected chi connectivity index (χ4v) is 3.50. The molecule has 0 heterocycles. The van der Waals surface area contributed by atoms with Gasteiger partial charge in [-0.3, -0.25) is 0 Å². The highest BCUT2D eigenvalue weighted by atomic mass is 16.5. The first kappa shape index (κ1) is 15.9. The summed E-state index contributed by atoms with van der Waals surface area (Å²) in [5.74, 6) is -0.319. The van der Waals surface area contributed by atoms with Crippen molar-refractivity contribution in [2.24, 2.45) is 0 Å². The Labute approximate surface area is 127 Å². The zero-order valence-electron chi connectivity index (χ0n) is 14.1. The molecule has 0 atom stereocenters. The number of fused-ring (bicyclic) bond motifs is 1. The molecule has 1 aromatic carbocycles. The molecule has 3 nitrogen and oxygen atoms in total. The predicted molar refractivity (Wildman–Crippen MR) is 86.8 cm³/mol. The predicted octanol–water partition coefficient (Wildman–Crippen LogP) is 4.10. The van der Waals surface area contributed by atoms with Crippen molar-refractivity contribution in [3.05, 3.63) is 28.3 Å². The van der Waals surface area contributed by atoms with E-state index in [0.29, 0.717) is 17.9 Å². The van der Waals surface area contributed by atoms with E-state index >= 15 is 0 Å². The summed E-state index contributed by atoms with van der Waals surface area (Å²) >= 11 is 0. The molecule has 0 aliphatic heterocycles. The molecule has 116 valence electrons. The molecule has 21 heavy (non-hydrogen) atoms. The van der Waals surface area contributed by atoms with E-state index in [1.165, 1.54) is 11.1 Å². The van der Waals surface area contributed by atoms with Crippen molar-refractivity contribution in [3.8, 4) is 0 Å². The van der Waals surface area contributed by atoms with Gasteiger partial charge in [-0.1, -0.05) is 27.7 Å². The number of hydrogen-bond acceptors (Lipinski definition) is 3. The highest BCUT2D eigenvalue weighted by Crippen LogP contribution is 2.48. The largest absolute Gasteiger partial charge is 0.462 e. The van der Waals surface area contributed by atoms with E-state index in [-0.39, 0.29) is 16.8 Å². The third-order valence-corrected chi connectivity index (χ3v) is 4.90. The van der Waals surface area contributed by atoms with E-state index in [1.54, 1.807) is 0 Å². The molecule has 0 bridgehead atoms. The molecule has 0 unspecified atom stereocenters. The van der Waals surface area contributed by atoms with Crippen LogP contribution in [0.15, 0.2) is 6.07 Å². The van der Waals surface area contributed by atoms with Crippen LogP contribution in [0.4, 0.5) is 5.69 Å². The standard InChI is InChI=1S/C18H27NO2/c1-7-21-16(20)12-10-13-14(11(2)15(12)19)18(5,6)9-8-17(13,3)4/h10H,7-9,19H2,1-6H3. The Morgan fingerprint density at radius 2 is 1.81 bits per heavy atom. The number of nitrogen functional groups attached to an aromatic ring is 1. The summed E-state index contributed by atoms with van der Waals surface area (Å²) in [4.78, 5) is 12.2. The number of hydrogen-bond donors (Lipinski definition) is 1. The second kappa shape index (κ2) is 5.04. The summed E-state index contributed by atoms with van der Waals surface area (Å²) < 4.78 is 5.16. The minimum atomic E-state index is -0.319. The van der Waals surface area contributed by atoms with Crippen molar-refractivity contribution in [1.29, 1.82) is 0 Å². The quantitative estimate of drug-likeness (QED) is 0.658. The molecular formula is C18H27NO2. The first-order chi connectivity index (χ1) is 9.62. The number of carbonyl (C=O) groups is 1. The van der Waals surface area contributed by atoms with Crippen LogP contribution in [-0.2, 0) is 15.6 Å². The zero-order chi connectivity index (χ0) is 16.0. The summed E-state index contributed by atoms with van der Waals surface area (Å²) in [6.07, 6.45) is 2.24. The average Bonchev–Trinajstić information content (AvgIpc) is 2.38. The topological polar surface area (TPSA) is 52.3 Å². The van der Waals surface area contributed by atoms with Crippen molar-refractivity contribution in [1.82, 2.24) is 0 Å². The summed E-state index contributed by atoms with van der Waals surface area (Å²) in [7, 11) is 0. The van der Waals surface area contributed by atoms with E-state index in [2.05, 4.69) is 27.7 Å². The lowest BCUT2D eigenvalue weighted by Crippen LogP contribution is -2.35. The van der Waals surface area contributed by atoms with Gasteiger partial charge in [0.05, 0.1) is 12.2 Å². The van der Waals surface area contributed by atoms with Gasteiger partial charge >= 0.3 is 5.97 Å². The Morgan fingerprint density at radius 1 is 1.24 bits per heavy atom. The fourth-order valence-electron chi connectivity index (χ4n) is 3.50. The molecule has 0 fully saturated rings. The second-order valence-corrected chi connectivity index (χ2v) is 7.37. The maximum atomic E-state index is 12.2. The first-order valence-electron chi connectivity index (χ1n) is 7.73. The van der Waals surface area contributed by atoms with Gasteiger partial charge in [0, 0.05) is 5.69 Å². The van der Waals surface area contributed by atoms with E-state index < -0.39 is 0 Å². The number of ether oxygens (including phenoxy) is 1. The number of nitrogens with two attached hydrogens (primary N) is 1. The van der Waals surface area contributed by atoms with Crippen molar-refractivity contribution < 1.29 is 9.53 Å². The third-order valence-electron chi connectivity index (χ3n) is 4.90. The van der Waals surface area contributed by atoms with Gasteiger partial charge < -0.3 is 10.5 Å². The number of carbonyl (C=O) groups excluding carboxylic acids is 1. The van der Waals surface area contributed by atoms with Gasteiger partial charge in [-0.25, -0.2) is 4.79 Å². The van der Waals surface area contributed by atoms with Crippen LogP contribution in [0.5, 0.6) is 0 Å². The molecular weight excluding hydrogens is 262 g/mol. The summed E-state index contributed by atoms with van der Waals surface area (Å²) in [5.41, 5.74) is 11.1. The van der Waals surface area contributed by atoms with Crippen LogP contribution in [0.25, 0.3) is 0 Å². The Morgan fingerprint density at radius 3 is 2.38 bits per heavy atom. The molecule has 2 rings (SSSR count). The molecule has 0 saturated carbocycles. The van der Waals surface area contributed by atoms with E-state index in [1.807, 2.05) is 19.9 Å². The maximum absolute atomic E-state index is 12.2. The second-order valence-electron chi connectivity index (χ2n) is 7.37.